The van der Waals surface area contributed by atoms with Gasteiger partial charge in [-0.15, -0.1) is 0 Å². The molecule has 1 unspecified atom stereocenters. The van der Waals surface area contributed by atoms with Crippen molar-refractivity contribution in [1.29, 1.82) is 0 Å². The quantitative estimate of drug-likeness (QED) is 0.573. The summed E-state index contributed by atoms with van der Waals surface area (Å²) >= 11 is 0. The molecule has 3 aliphatic heterocycles. The first-order chi connectivity index (χ1) is 13.5. The lowest BCUT2D eigenvalue weighted by atomic mass is 10.1. The molecule has 2 amide bonds. The number of fused-ring (bicyclic) bond motifs is 4. The summed E-state index contributed by atoms with van der Waals surface area (Å²) in [5.74, 6) is 1.29. The molecule has 3 aliphatic rings. The molecule has 28 heavy (non-hydrogen) atoms. The van der Waals surface area contributed by atoms with Crippen molar-refractivity contribution in [2.24, 2.45) is 0 Å². The Morgan fingerprint density at radius 1 is 1.46 bits per heavy atom. The second kappa shape index (κ2) is 7.44. The van der Waals surface area contributed by atoms with Gasteiger partial charge in [0.15, 0.2) is 11.5 Å². The van der Waals surface area contributed by atoms with E-state index < -0.39 is 5.72 Å². The van der Waals surface area contributed by atoms with Crippen LogP contribution in [-0.2, 0) is 5.72 Å². The number of nitrogens with one attached hydrogen (secondary N) is 3. The predicted octanol–water partition coefficient (Wildman–Crippen LogP) is 1.36. The van der Waals surface area contributed by atoms with Crippen molar-refractivity contribution in [3.8, 4) is 0 Å². The number of amides is 2. The zero-order chi connectivity index (χ0) is 19.7. The van der Waals surface area contributed by atoms with Gasteiger partial charge in [0.05, 0.1) is 17.4 Å². The number of urea groups is 1. The predicted molar refractivity (Wildman–Crippen MR) is 109 cm³/mol. The Hall–Kier alpha value is -2.58. The average molecular weight is 384 g/mol. The Kier molecular flexibility index (Phi) is 4.99. The summed E-state index contributed by atoms with van der Waals surface area (Å²) in [5, 5.41) is 20.0. The summed E-state index contributed by atoms with van der Waals surface area (Å²) in [4.78, 5) is 21.9. The van der Waals surface area contributed by atoms with E-state index in [2.05, 4.69) is 20.9 Å². The van der Waals surface area contributed by atoms with Gasteiger partial charge in [0, 0.05) is 19.6 Å². The maximum absolute atomic E-state index is 13.1. The van der Waals surface area contributed by atoms with Gasteiger partial charge >= 0.3 is 6.03 Å². The summed E-state index contributed by atoms with van der Waals surface area (Å²) in [5.41, 5.74) is 0.194. The number of pyridine rings is 1. The molecule has 1 aromatic heterocycles. The molecule has 8 nitrogen and oxygen atoms in total. The maximum Gasteiger partial charge on any atom is 0.328 e. The summed E-state index contributed by atoms with van der Waals surface area (Å²) in [7, 11) is 0. The van der Waals surface area contributed by atoms with Gasteiger partial charge in [-0.1, -0.05) is 19.1 Å². The van der Waals surface area contributed by atoms with Gasteiger partial charge in [0.1, 0.15) is 5.82 Å². The molecule has 8 heteroatoms. The summed E-state index contributed by atoms with van der Waals surface area (Å²) in [6.07, 6.45) is 7.55. The zero-order valence-corrected chi connectivity index (χ0v) is 16.4. The number of anilines is 2. The third kappa shape index (κ3) is 3.45. The zero-order valence-electron chi connectivity index (χ0n) is 16.4. The molecule has 1 saturated heterocycles. The molecule has 0 saturated carbocycles. The van der Waals surface area contributed by atoms with Crippen LogP contribution >= 0.6 is 0 Å². The van der Waals surface area contributed by atoms with Gasteiger partial charge < -0.3 is 15.3 Å². The van der Waals surface area contributed by atoms with Crippen LogP contribution in [-0.4, -0.2) is 48.3 Å². The highest BCUT2D eigenvalue weighted by molar-refractivity contribution is 5.97. The summed E-state index contributed by atoms with van der Waals surface area (Å²) in [6, 6.07) is 3.67. The van der Waals surface area contributed by atoms with Crippen molar-refractivity contribution in [1.82, 2.24) is 20.9 Å². The second-order valence-corrected chi connectivity index (χ2v) is 7.62. The van der Waals surface area contributed by atoms with E-state index in [-0.39, 0.29) is 12.1 Å². The second-order valence-electron chi connectivity index (χ2n) is 7.62. The van der Waals surface area contributed by atoms with Crippen LogP contribution in [0.4, 0.5) is 16.3 Å². The van der Waals surface area contributed by atoms with Crippen LogP contribution in [0.25, 0.3) is 0 Å². The van der Waals surface area contributed by atoms with Crippen LogP contribution in [0.3, 0.4) is 0 Å². The number of hydrogen-bond donors (Lipinski definition) is 4. The number of rotatable bonds is 5. The van der Waals surface area contributed by atoms with Gasteiger partial charge in [-0.2, -0.15) is 0 Å². The summed E-state index contributed by atoms with van der Waals surface area (Å²) in [6.45, 7) is 6.81. The van der Waals surface area contributed by atoms with Crippen LogP contribution in [0.15, 0.2) is 36.2 Å². The number of carbonyl (C=O) groups excluding carboxylic acids is 1. The van der Waals surface area contributed by atoms with Gasteiger partial charge in [-0.3, -0.25) is 15.5 Å². The fraction of sp³-hybridized carbons (Fsp3) is 0.500. The minimum atomic E-state index is -1.25. The van der Waals surface area contributed by atoms with Crippen LogP contribution in [0.1, 0.15) is 32.4 Å². The molecule has 0 spiro atoms. The number of nitrogens with zero attached hydrogens (tertiary/aromatic N) is 3. The van der Waals surface area contributed by atoms with E-state index >= 15 is 0 Å². The van der Waals surface area contributed by atoms with Gasteiger partial charge in [0.25, 0.3) is 0 Å². The molecule has 2 atom stereocenters. The molecule has 150 valence electrons. The van der Waals surface area contributed by atoms with Crippen molar-refractivity contribution in [3.05, 3.63) is 41.9 Å². The van der Waals surface area contributed by atoms with Crippen LogP contribution < -0.4 is 25.8 Å². The van der Waals surface area contributed by atoms with E-state index in [0.717, 1.165) is 31.6 Å². The highest BCUT2D eigenvalue weighted by atomic mass is 16.3. The van der Waals surface area contributed by atoms with E-state index in [1.54, 1.807) is 11.8 Å². The Bertz CT molecular complexity index is 819. The summed E-state index contributed by atoms with van der Waals surface area (Å²) < 4.78 is 0. The minimum absolute atomic E-state index is 0.0727. The molecule has 4 rings (SSSR count). The van der Waals surface area contributed by atoms with Crippen LogP contribution in [0, 0.1) is 0 Å². The molecule has 0 aliphatic carbocycles. The minimum Gasteiger partial charge on any atom is -0.370 e. The normalized spacial score (nSPS) is 22.2. The Labute approximate surface area is 165 Å². The third-order valence-corrected chi connectivity index (χ3v) is 5.44. The molecular formula is C20H28N6O2. The number of dihydropyridines is 1. The first-order valence-corrected chi connectivity index (χ1v) is 9.94. The first-order valence-electron chi connectivity index (χ1n) is 9.94. The molecule has 0 aromatic carbocycles. The van der Waals surface area contributed by atoms with Gasteiger partial charge in [-0.05, 0) is 44.5 Å². The van der Waals surface area contributed by atoms with E-state index in [4.69, 9.17) is 4.98 Å². The molecular weight excluding hydrogens is 356 g/mol. The van der Waals surface area contributed by atoms with E-state index in [1.807, 2.05) is 37.3 Å². The third-order valence-electron chi connectivity index (χ3n) is 5.44. The fourth-order valence-corrected chi connectivity index (χ4v) is 3.92. The lowest BCUT2D eigenvalue weighted by Crippen LogP contribution is -2.52. The van der Waals surface area contributed by atoms with Gasteiger partial charge in [0.2, 0.25) is 0 Å². The standard InChI is InChI=1S/C20H28N6O2/c1-3-10-22-20(2,28)16-8-7-15-18(23-16)26(14-9-12-25(15)13-14)19(27)24-17-6-4-5-11-21-17/h4-8,14,21-22,28H,3,9-13H2,1-2H3,(H,24,27)/t14-,20?/m0/s1. The number of allylic oxidation sites excluding steroid dienone is 2. The molecule has 0 radical (unpaired) electrons. The SMILES string of the molecule is CCCNC(C)(O)c1ccc2c(n1)N(C(=O)NC1=CC=CCN1)[C@H]1CCN2C1. The van der Waals surface area contributed by atoms with Crippen molar-refractivity contribution >= 4 is 17.5 Å². The van der Waals surface area contributed by atoms with Crippen molar-refractivity contribution in [3.63, 3.8) is 0 Å². The van der Waals surface area contributed by atoms with E-state index in [1.165, 1.54) is 0 Å². The topological polar surface area (TPSA) is 92.8 Å². The fourth-order valence-electron chi connectivity index (χ4n) is 3.92. The van der Waals surface area contributed by atoms with Crippen molar-refractivity contribution in [2.45, 2.75) is 38.5 Å². The number of hydrogen-bond acceptors (Lipinski definition) is 6. The molecule has 4 N–H and O–H groups in total. The first kappa shape index (κ1) is 18.8. The van der Waals surface area contributed by atoms with E-state index in [0.29, 0.717) is 30.4 Å². The Morgan fingerprint density at radius 3 is 3.07 bits per heavy atom. The largest absolute Gasteiger partial charge is 0.370 e. The van der Waals surface area contributed by atoms with Crippen LogP contribution in [0.2, 0.25) is 0 Å². The number of aliphatic hydroxyl groups is 1. The highest BCUT2D eigenvalue weighted by Crippen LogP contribution is 2.39. The lowest BCUT2D eigenvalue weighted by molar-refractivity contribution is 0.0161. The highest BCUT2D eigenvalue weighted by Gasteiger charge is 2.41. The number of carbonyl (C=O) groups is 1. The van der Waals surface area contributed by atoms with E-state index in [9.17, 15) is 9.90 Å². The van der Waals surface area contributed by atoms with Crippen molar-refractivity contribution < 1.29 is 9.90 Å². The van der Waals surface area contributed by atoms with Gasteiger partial charge in [-0.25, -0.2) is 9.78 Å². The van der Waals surface area contributed by atoms with Crippen LogP contribution in [0.5, 0.6) is 0 Å². The lowest BCUT2D eigenvalue weighted by Gasteiger charge is -2.37. The molecule has 4 heterocycles. The molecule has 1 fully saturated rings. The average Bonchev–Trinajstić information content (AvgIpc) is 3.11. The monoisotopic (exact) mass is 384 g/mol. The van der Waals surface area contributed by atoms with Crippen molar-refractivity contribution in [2.75, 3.05) is 36.0 Å². The smallest absolute Gasteiger partial charge is 0.328 e. The maximum atomic E-state index is 13.1. The molecule has 1 aromatic rings. The number of aromatic nitrogens is 1. The Morgan fingerprint density at radius 2 is 2.32 bits per heavy atom. The Balaban J connectivity index is 1.65. The molecule has 2 bridgehead atoms.